The fraction of sp³-hybridized carbons (Fsp3) is 0.500. The molecule has 112 valence electrons. The maximum Gasteiger partial charge on any atom is 0.301 e. The Bertz CT molecular complexity index is 582. The van der Waals surface area contributed by atoms with Crippen molar-refractivity contribution in [2.45, 2.75) is 12.8 Å². The van der Waals surface area contributed by atoms with Crippen LogP contribution in [0.5, 0.6) is 0 Å². The highest BCUT2D eigenvalue weighted by molar-refractivity contribution is 9.10. The first kappa shape index (κ1) is 15.7. The van der Waals surface area contributed by atoms with Crippen LogP contribution in [0.4, 0.5) is 10.1 Å². The number of hydrogen-bond acceptors (Lipinski definition) is 3. The van der Waals surface area contributed by atoms with E-state index in [2.05, 4.69) is 20.7 Å². The maximum absolute atomic E-state index is 13.7. The molecule has 1 aliphatic heterocycles. The van der Waals surface area contributed by atoms with Crippen LogP contribution in [-0.2, 0) is 10.2 Å². The van der Waals surface area contributed by atoms with E-state index in [4.69, 9.17) is 5.11 Å². The molecular formula is C12H16BrFN2O3S. The number of aliphatic hydroxyl groups excluding tert-OH is 1. The van der Waals surface area contributed by atoms with Crippen LogP contribution < -0.4 is 4.72 Å². The molecule has 0 spiro atoms. The number of benzene rings is 1. The number of nitrogens with zero attached hydrogens (tertiary/aromatic N) is 1. The van der Waals surface area contributed by atoms with Crippen LogP contribution in [-0.4, -0.2) is 37.5 Å². The molecule has 5 nitrogen and oxygen atoms in total. The van der Waals surface area contributed by atoms with Gasteiger partial charge >= 0.3 is 10.2 Å². The van der Waals surface area contributed by atoms with E-state index in [0.29, 0.717) is 17.4 Å². The van der Waals surface area contributed by atoms with Crippen LogP contribution in [0.1, 0.15) is 12.8 Å². The SMILES string of the molecule is O=S(=O)(Nc1ccc(Br)cc1F)N1CCCC(CO)C1. The second-order valence-electron chi connectivity index (χ2n) is 4.78. The lowest BCUT2D eigenvalue weighted by molar-refractivity contribution is 0.166. The van der Waals surface area contributed by atoms with Crippen molar-refractivity contribution >= 4 is 31.8 Å². The molecule has 0 amide bonds. The van der Waals surface area contributed by atoms with Gasteiger partial charge in [0.25, 0.3) is 0 Å². The molecule has 2 rings (SSSR count). The van der Waals surface area contributed by atoms with Crippen LogP contribution in [0.2, 0.25) is 0 Å². The van der Waals surface area contributed by atoms with E-state index < -0.39 is 16.0 Å². The summed E-state index contributed by atoms with van der Waals surface area (Å²) in [4.78, 5) is 0. The molecule has 0 aliphatic carbocycles. The third-order valence-corrected chi connectivity index (χ3v) is 5.23. The number of nitrogens with one attached hydrogen (secondary N) is 1. The maximum atomic E-state index is 13.7. The summed E-state index contributed by atoms with van der Waals surface area (Å²) in [6.45, 7) is 0.590. The average Bonchev–Trinajstić information content (AvgIpc) is 2.42. The van der Waals surface area contributed by atoms with Crippen molar-refractivity contribution in [1.82, 2.24) is 4.31 Å². The summed E-state index contributed by atoms with van der Waals surface area (Å²) in [5, 5.41) is 9.13. The minimum atomic E-state index is -3.80. The number of piperidine rings is 1. The molecule has 1 unspecified atom stereocenters. The van der Waals surface area contributed by atoms with Crippen molar-refractivity contribution in [1.29, 1.82) is 0 Å². The van der Waals surface area contributed by atoms with Gasteiger partial charge in [-0.2, -0.15) is 12.7 Å². The minimum absolute atomic E-state index is 0.0430. The van der Waals surface area contributed by atoms with Crippen molar-refractivity contribution in [3.8, 4) is 0 Å². The molecule has 0 bridgehead atoms. The molecule has 1 aromatic carbocycles. The van der Waals surface area contributed by atoms with E-state index in [0.717, 1.165) is 6.42 Å². The third-order valence-electron chi connectivity index (χ3n) is 3.25. The normalized spacial score (nSPS) is 20.9. The fourth-order valence-corrected chi connectivity index (χ4v) is 3.85. The smallest absolute Gasteiger partial charge is 0.301 e. The lowest BCUT2D eigenvalue weighted by Gasteiger charge is -2.31. The topological polar surface area (TPSA) is 69.6 Å². The van der Waals surface area contributed by atoms with E-state index in [1.54, 1.807) is 6.07 Å². The average molecular weight is 367 g/mol. The van der Waals surface area contributed by atoms with Crippen LogP contribution in [0.25, 0.3) is 0 Å². The molecule has 20 heavy (non-hydrogen) atoms. The standard InChI is InChI=1S/C12H16BrFN2O3S/c13-10-3-4-12(11(14)6-10)15-20(18,19)16-5-1-2-9(7-16)8-17/h3-4,6,9,15,17H,1-2,5,7-8H2. The summed E-state index contributed by atoms with van der Waals surface area (Å²) in [6.07, 6.45) is 1.49. The van der Waals surface area contributed by atoms with Gasteiger partial charge in [0.15, 0.2) is 0 Å². The minimum Gasteiger partial charge on any atom is -0.396 e. The van der Waals surface area contributed by atoms with Gasteiger partial charge in [-0.25, -0.2) is 4.39 Å². The summed E-state index contributed by atoms with van der Waals surface area (Å²) >= 11 is 3.11. The van der Waals surface area contributed by atoms with Gasteiger partial charge in [-0.15, -0.1) is 0 Å². The quantitative estimate of drug-likeness (QED) is 0.855. The summed E-state index contributed by atoms with van der Waals surface area (Å²) in [7, 11) is -3.80. The Labute approximate surface area is 126 Å². The zero-order chi connectivity index (χ0) is 14.8. The van der Waals surface area contributed by atoms with E-state index in [1.165, 1.54) is 16.4 Å². The zero-order valence-corrected chi connectivity index (χ0v) is 13.1. The van der Waals surface area contributed by atoms with Crippen molar-refractivity contribution in [3.63, 3.8) is 0 Å². The summed E-state index contributed by atoms with van der Waals surface area (Å²) in [5.74, 6) is -0.700. The van der Waals surface area contributed by atoms with Crippen LogP contribution >= 0.6 is 15.9 Å². The number of anilines is 1. The zero-order valence-electron chi connectivity index (χ0n) is 10.7. The molecular weight excluding hydrogens is 351 g/mol. The molecule has 0 radical (unpaired) electrons. The van der Waals surface area contributed by atoms with Gasteiger partial charge in [0.2, 0.25) is 0 Å². The van der Waals surface area contributed by atoms with E-state index in [-0.39, 0.29) is 24.8 Å². The first-order valence-electron chi connectivity index (χ1n) is 6.26. The Kier molecular flexibility index (Phi) is 5.00. The van der Waals surface area contributed by atoms with Crippen molar-refractivity contribution < 1.29 is 17.9 Å². The van der Waals surface area contributed by atoms with E-state index in [1.807, 2.05) is 0 Å². The van der Waals surface area contributed by atoms with Gasteiger partial charge in [0.1, 0.15) is 5.82 Å². The Morgan fingerprint density at radius 3 is 2.90 bits per heavy atom. The molecule has 1 fully saturated rings. The van der Waals surface area contributed by atoms with Crippen molar-refractivity contribution in [2.75, 3.05) is 24.4 Å². The predicted octanol–water partition coefficient (Wildman–Crippen LogP) is 1.95. The number of halogens is 2. The Balaban J connectivity index is 2.14. The monoisotopic (exact) mass is 366 g/mol. The van der Waals surface area contributed by atoms with Crippen LogP contribution in [0.15, 0.2) is 22.7 Å². The third kappa shape index (κ3) is 3.69. The molecule has 1 atom stereocenters. The molecule has 2 N–H and O–H groups in total. The lowest BCUT2D eigenvalue weighted by atomic mass is 10.0. The first-order valence-corrected chi connectivity index (χ1v) is 8.49. The highest BCUT2D eigenvalue weighted by Gasteiger charge is 2.29. The summed E-state index contributed by atoms with van der Waals surface area (Å²) in [6, 6.07) is 4.13. The number of rotatable bonds is 4. The molecule has 1 aromatic rings. The lowest BCUT2D eigenvalue weighted by Crippen LogP contribution is -2.43. The second-order valence-corrected chi connectivity index (χ2v) is 7.37. The van der Waals surface area contributed by atoms with Gasteiger partial charge in [-0.1, -0.05) is 15.9 Å². The molecule has 8 heteroatoms. The predicted molar refractivity (Wildman–Crippen MR) is 78.0 cm³/mol. The van der Waals surface area contributed by atoms with Crippen LogP contribution in [0, 0.1) is 11.7 Å². The van der Waals surface area contributed by atoms with Crippen molar-refractivity contribution in [3.05, 3.63) is 28.5 Å². The Morgan fingerprint density at radius 2 is 2.25 bits per heavy atom. The first-order chi connectivity index (χ1) is 9.42. The molecule has 1 heterocycles. The van der Waals surface area contributed by atoms with Crippen molar-refractivity contribution in [2.24, 2.45) is 5.92 Å². The Morgan fingerprint density at radius 1 is 1.50 bits per heavy atom. The summed E-state index contributed by atoms with van der Waals surface area (Å²) in [5.41, 5.74) is -0.0840. The van der Waals surface area contributed by atoms with E-state index in [9.17, 15) is 12.8 Å². The van der Waals surface area contributed by atoms with Gasteiger partial charge in [0, 0.05) is 24.2 Å². The highest BCUT2D eigenvalue weighted by Crippen LogP contribution is 2.23. The number of hydrogen-bond donors (Lipinski definition) is 2. The Hall–Kier alpha value is -0.700. The molecule has 0 saturated carbocycles. The summed E-state index contributed by atoms with van der Waals surface area (Å²) < 4.78 is 42.1. The molecule has 0 aromatic heterocycles. The van der Waals surface area contributed by atoms with Gasteiger partial charge in [0.05, 0.1) is 5.69 Å². The van der Waals surface area contributed by atoms with Crippen LogP contribution in [0.3, 0.4) is 0 Å². The van der Waals surface area contributed by atoms with Gasteiger partial charge in [-0.3, -0.25) is 4.72 Å². The highest BCUT2D eigenvalue weighted by atomic mass is 79.9. The fourth-order valence-electron chi connectivity index (χ4n) is 2.17. The van der Waals surface area contributed by atoms with E-state index >= 15 is 0 Å². The molecule has 1 aliphatic rings. The molecule has 1 saturated heterocycles. The van der Waals surface area contributed by atoms with Gasteiger partial charge < -0.3 is 5.11 Å². The largest absolute Gasteiger partial charge is 0.396 e. The van der Waals surface area contributed by atoms with Gasteiger partial charge in [-0.05, 0) is 37.0 Å². The second kappa shape index (κ2) is 6.38. The number of aliphatic hydroxyl groups is 1.